The molecule has 1 atom stereocenters. The van der Waals surface area contributed by atoms with Crippen molar-refractivity contribution in [2.24, 2.45) is 5.73 Å². The number of amides is 2. The summed E-state index contributed by atoms with van der Waals surface area (Å²) >= 11 is 0. The van der Waals surface area contributed by atoms with Gasteiger partial charge in [-0.15, -0.1) is 0 Å². The Bertz CT molecular complexity index is 651. The van der Waals surface area contributed by atoms with Crippen molar-refractivity contribution in [2.45, 2.75) is 52.6 Å². The highest BCUT2D eigenvalue weighted by Gasteiger charge is 2.31. The third-order valence-electron chi connectivity index (χ3n) is 4.59. The van der Waals surface area contributed by atoms with Gasteiger partial charge in [-0.05, 0) is 46.1 Å². The second-order valence-electron chi connectivity index (χ2n) is 6.11. The van der Waals surface area contributed by atoms with E-state index in [0.717, 1.165) is 30.8 Å². The maximum absolute atomic E-state index is 12.3. The summed E-state index contributed by atoms with van der Waals surface area (Å²) in [7, 11) is 0. The Hall–Kier alpha value is -2.31. The molecule has 0 aromatic carbocycles. The molecular formula is C17H25N3O4. The van der Waals surface area contributed by atoms with Crippen LogP contribution in [0.25, 0.3) is 0 Å². The lowest BCUT2D eigenvalue weighted by Crippen LogP contribution is -2.51. The third kappa shape index (κ3) is 3.60. The van der Waals surface area contributed by atoms with Crippen LogP contribution in [-0.4, -0.2) is 46.4 Å². The molecule has 7 heteroatoms. The van der Waals surface area contributed by atoms with E-state index in [2.05, 4.69) is 0 Å². The van der Waals surface area contributed by atoms with Crippen LogP contribution in [0.5, 0.6) is 0 Å². The molecule has 0 unspecified atom stereocenters. The fourth-order valence-corrected chi connectivity index (χ4v) is 3.31. The number of rotatable bonds is 5. The quantitative estimate of drug-likeness (QED) is 0.817. The molecule has 1 aliphatic rings. The molecule has 1 aromatic rings. The average Bonchev–Trinajstić information content (AvgIpc) is 2.86. The Kier molecular flexibility index (Phi) is 5.64. The van der Waals surface area contributed by atoms with Gasteiger partial charge in [-0.1, -0.05) is 0 Å². The molecule has 2 rings (SSSR count). The second kappa shape index (κ2) is 7.51. The van der Waals surface area contributed by atoms with Crippen LogP contribution in [0.1, 0.15) is 47.9 Å². The number of piperidine rings is 1. The number of aryl methyl sites for hydroxylation is 1. The van der Waals surface area contributed by atoms with Crippen LogP contribution in [0.3, 0.4) is 0 Å². The molecule has 0 aliphatic carbocycles. The van der Waals surface area contributed by atoms with Gasteiger partial charge < -0.3 is 19.9 Å². The van der Waals surface area contributed by atoms with Crippen molar-refractivity contribution in [3.05, 3.63) is 23.0 Å². The number of primary amides is 1. The summed E-state index contributed by atoms with van der Waals surface area (Å²) in [6, 6.07) is 1.16. The molecule has 24 heavy (non-hydrogen) atoms. The van der Waals surface area contributed by atoms with Crippen molar-refractivity contribution < 1.29 is 19.1 Å². The van der Waals surface area contributed by atoms with Crippen LogP contribution in [0.2, 0.25) is 0 Å². The van der Waals surface area contributed by atoms with Crippen LogP contribution in [0.4, 0.5) is 0 Å². The number of esters is 1. The van der Waals surface area contributed by atoms with Crippen molar-refractivity contribution in [1.82, 2.24) is 9.47 Å². The lowest BCUT2D eigenvalue weighted by Gasteiger charge is -2.33. The predicted molar refractivity (Wildman–Crippen MR) is 88.4 cm³/mol. The number of hydrogen-bond acceptors (Lipinski definition) is 4. The predicted octanol–water partition coefficient (Wildman–Crippen LogP) is 1.15. The molecule has 0 saturated carbocycles. The van der Waals surface area contributed by atoms with Crippen LogP contribution in [0.15, 0.2) is 6.07 Å². The monoisotopic (exact) mass is 335 g/mol. The summed E-state index contributed by atoms with van der Waals surface area (Å²) < 4.78 is 7.18. The number of likely N-dealkylation sites (tertiary alicyclic amines) is 1. The van der Waals surface area contributed by atoms with E-state index in [9.17, 15) is 14.4 Å². The fraction of sp³-hybridized carbons (Fsp3) is 0.588. The summed E-state index contributed by atoms with van der Waals surface area (Å²) in [5.74, 6) is -1.42. The topological polar surface area (TPSA) is 94.6 Å². The van der Waals surface area contributed by atoms with Crippen LogP contribution < -0.4 is 5.73 Å². The Morgan fingerprint density at radius 3 is 2.58 bits per heavy atom. The minimum atomic E-state index is -0.602. The molecule has 0 radical (unpaired) electrons. The van der Waals surface area contributed by atoms with E-state index in [-0.39, 0.29) is 12.5 Å². The van der Waals surface area contributed by atoms with Gasteiger partial charge >= 0.3 is 5.97 Å². The molecule has 1 aromatic heterocycles. The lowest BCUT2D eigenvalue weighted by molar-refractivity contribution is -0.143. The SMILES string of the molecule is CCn1c(C)cc(C(=O)OCC(=O)N2CCCC[C@H]2C(N)=O)c1C. The Morgan fingerprint density at radius 2 is 2.00 bits per heavy atom. The molecular weight excluding hydrogens is 310 g/mol. The van der Waals surface area contributed by atoms with Gasteiger partial charge in [0.2, 0.25) is 5.91 Å². The smallest absolute Gasteiger partial charge is 0.340 e. The first-order valence-corrected chi connectivity index (χ1v) is 8.29. The van der Waals surface area contributed by atoms with Crippen molar-refractivity contribution in [3.63, 3.8) is 0 Å². The van der Waals surface area contributed by atoms with E-state index in [1.54, 1.807) is 6.07 Å². The van der Waals surface area contributed by atoms with Crippen LogP contribution >= 0.6 is 0 Å². The third-order valence-corrected chi connectivity index (χ3v) is 4.59. The molecule has 0 spiro atoms. The van der Waals surface area contributed by atoms with Gasteiger partial charge in [0.15, 0.2) is 6.61 Å². The zero-order valence-electron chi connectivity index (χ0n) is 14.5. The zero-order chi connectivity index (χ0) is 17.9. The Balaban J connectivity index is 2.00. The number of aromatic nitrogens is 1. The minimum absolute atomic E-state index is 0.377. The second-order valence-corrected chi connectivity index (χ2v) is 6.11. The molecule has 2 amide bonds. The summed E-state index contributed by atoms with van der Waals surface area (Å²) in [5.41, 5.74) is 7.61. The first kappa shape index (κ1) is 18.0. The van der Waals surface area contributed by atoms with Gasteiger partial charge in [-0.25, -0.2) is 4.79 Å². The molecule has 1 fully saturated rings. The average molecular weight is 335 g/mol. The van der Waals surface area contributed by atoms with Gasteiger partial charge in [0.25, 0.3) is 5.91 Å². The van der Waals surface area contributed by atoms with E-state index in [0.29, 0.717) is 18.5 Å². The number of ether oxygens (including phenoxy) is 1. The van der Waals surface area contributed by atoms with Crippen molar-refractivity contribution in [1.29, 1.82) is 0 Å². The minimum Gasteiger partial charge on any atom is -0.452 e. The number of nitrogens with zero attached hydrogens (tertiary/aromatic N) is 2. The van der Waals surface area contributed by atoms with E-state index in [4.69, 9.17) is 10.5 Å². The highest BCUT2D eigenvalue weighted by atomic mass is 16.5. The molecule has 2 N–H and O–H groups in total. The van der Waals surface area contributed by atoms with E-state index < -0.39 is 17.9 Å². The number of carbonyl (C=O) groups excluding carboxylic acids is 3. The molecule has 1 aliphatic heterocycles. The highest BCUT2D eigenvalue weighted by Crippen LogP contribution is 2.18. The molecule has 2 heterocycles. The van der Waals surface area contributed by atoms with E-state index in [1.165, 1.54) is 4.90 Å². The molecule has 132 valence electrons. The van der Waals surface area contributed by atoms with E-state index in [1.807, 2.05) is 25.3 Å². The first-order chi connectivity index (χ1) is 11.4. The van der Waals surface area contributed by atoms with Crippen molar-refractivity contribution >= 4 is 17.8 Å². The number of hydrogen-bond donors (Lipinski definition) is 1. The van der Waals surface area contributed by atoms with Gasteiger partial charge in [0.05, 0.1) is 5.56 Å². The summed E-state index contributed by atoms with van der Waals surface area (Å²) in [6.45, 7) is 6.62. The fourth-order valence-electron chi connectivity index (χ4n) is 3.31. The largest absolute Gasteiger partial charge is 0.452 e. The maximum Gasteiger partial charge on any atom is 0.340 e. The summed E-state index contributed by atoms with van der Waals surface area (Å²) in [4.78, 5) is 37.4. The molecule has 0 bridgehead atoms. The lowest BCUT2D eigenvalue weighted by atomic mass is 10.0. The first-order valence-electron chi connectivity index (χ1n) is 8.29. The van der Waals surface area contributed by atoms with E-state index >= 15 is 0 Å². The summed E-state index contributed by atoms with van der Waals surface area (Å²) in [5, 5.41) is 0. The molecule has 1 saturated heterocycles. The van der Waals surface area contributed by atoms with Crippen LogP contribution in [0, 0.1) is 13.8 Å². The van der Waals surface area contributed by atoms with Gasteiger partial charge in [-0.3, -0.25) is 9.59 Å². The Labute approximate surface area is 141 Å². The molecule has 7 nitrogen and oxygen atoms in total. The van der Waals surface area contributed by atoms with Gasteiger partial charge in [0.1, 0.15) is 6.04 Å². The maximum atomic E-state index is 12.3. The van der Waals surface area contributed by atoms with Crippen molar-refractivity contribution in [2.75, 3.05) is 13.2 Å². The number of nitrogens with two attached hydrogens (primary N) is 1. The van der Waals surface area contributed by atoms with Crippen molar-refractivity contribution in [3.8, 4) is 0 Å². The highest BCUT2D eigenvalue weighted by molar-refractivity contribution is 5.93. The standard InChI is InChI=1S/C17H25N3O4/c1-4-19-11(2)9-13(12(19)3)17(23)24-10-15(21)20-8-6-5-7-14(20)16(18)22/h9,14H,4-8,10H2,1-3H3,(H2,18,22)/t14-/m0/s1. The van der Waals surface area contributed by atoms with Gasteiger partial charge in [-0.2, -0.15) is 0 Å². The number of carbonyl (C=O) groups is 3. The van der Waals surface area contributed by atoms with Gasteiger partial charge in [0, 0.05) is 24.5 Å². The Morgan fingerprint density at radius 1 is 1.29 bits per heavy atom. The van der Waals surface area contributed by atoms with Crippen LogP contribution in [-0.2, 0) is 20.9 Å². The normalized spacial score (nSPS) is 17.6. The summed E-state index contributed by atoms with van der Waals surface area (Å²) in [6.07, 6.45) is 2.24. The zero-order valence-corrected chi connectivity index (χ0v) is 14.5.